The Labute approximate surface area is 674 Å². The first-order valence-corrected chi connectivity index (χ1v) is 37.3. The zero-order valence-corrected chi connectivity index (χ0v) is 66.5. The molecule has 0 amide bonds. The summed E-state index contributed by atoms with van der Waals surface area (Å²) in [6.07, 6.45) is -22.5. The van der Waals surface area contributed by atoms with E-state index in [0.717, 1.165) is 81.8 Å². The minimum atomic E-state index is -3.90. The number of benzene rings is 6. The van der Waals surface area contributed by atoms with E-state index in [-0.39, 0.29) is 33.0 Å². The highest BCUT2D eigenvalue weighted by Gasteiger charge is 2.65. The quantitative estimate of drug-likeness (QED) is 0.0183. The van der Waals surface area contributed by atoms with E-state index >= 15 is 8.78 Å². The van der Waals surface area contributed by atoms with Gasteiger partial charge in [-0.3, -0.25) is 33.6 Å². The van der Waals surface area contributed by atoms with Crippen LogP contribution in [0.3, 0.4) is 0 Å². The number of carbonyl (C=O) groups excluding carboxylic acids is 7. The molecule has 4 fully saturated rings. The Morgan fingerprint density at radius 1 is 0.336 bits per heavy atom. The summed E-state index contributed by atoms with van der Waals surface area (Å²) < 4.78 is 190. The van der Waals surface area contributed by atoms with Crippen molar-refractivity contribution >= 4 is 57.7 Å². The molecule has 4 saturated heterocycles. The molecule has 17 atom stereocenters. The fraction of sp³-hybridized carbons (Fsp3) is 0.476. The normalized spacial score (nSPS) is 26.1. The molecule has 4 aliphatic rings. The van der Waals surface area contributed by atoms with Crippen LogP contribution in [-0.2, 0) is 163 Å². The van der Waals surface area contributed by atoms with E-state index in [9.17, 15) is 56.2 Å². The van der Waals surface area contributed by atoms with Gasteiger partial charge in [0.15, 0.2) is 48.1 Å². The molecule has 0 saturated carbocycles. The van der Waals surface area contributed by atoms with E-state index in [1.807, 2.05) is 182 Å². The molecular formula is C82H95BrF6O27. The Morgan fingerprint density at radius 3 is 1.03 bits per heavy atom. The largest absolute Gasteiger partial charge is 0.463 e. The number of aliphatic hydroxyl groups is 1. The lowest BCUT2D eigenvalue weighted by molar-refractivity contribution is -0.358. The first-order valence-electron chi connectivity index (χ1n) is 36.4. The summed E-state index contributed by atoms with van der Waals surface area (Å²) in [6, 6.07) is 57.5. The van der Waals surface area contributed by atoms with Gasteiger partial charge in [-0.05, 0) is 33.4 Å². The zero-order chi connectivity index (χ0) is 84.5. The van der Waals surface area contributed by atoms with E-state index in [1.165, 1.54) is 7.11 Å². The third kappa shape index (κ3) is 29.3. The highest BCUT2D eigenvalue weighted by atomic mass is 79.9. The van der Waals surface area contributed by atoms with Crippen LogP contribution in [0.5, 0.6) is 0 Å². The van der Waals surface area contributed by atoms with Crippen LogP contribution >= 0.6 is 15.9 Å². The molecule has 0 spiro atoms. The van der Waals surface area contributed by atoms with Gasteiger partial charge in [-0.25, -0.2) is 8.78 Å². The molecule has 4 heterocycles. The molecule has 17 unspecified atom stereocenters. The van der Waals surface area contributed by atoms with Gasteiger partial charge in [-0.1, -0.05) is 198 Å². The lowest BCUT2D eigenvalue weighted by Gasteiger charge is -2.45. The van der Waals surface area contributed by atoms with E-state index < -0.39 is 176 Å². The standard InChI is InChI=1S/C28H30F2O5.C28H32O6.C14H18F2O9.C12H15BrF2O7/c1-31-27-25(33-18-22-13-7-3-8-14-22)26(34-19-23-15-9-4-10-16-23)28(29,30)24(35-27)20-32-17-21-11-5-2-6-12-21;1-30-28-27(33-19-23-15-9-4-10-16-23)26(32-18-22-13-7-3-8-14-22)25(29)24(34-28)20-31-17-21-11-5-2-6-12-21;1-6(17)21-5-10-14(15,16)12(23-8(3)19)11(22-7(2)18)13(25-10)24-9(4)20;1-5(16)19-4-8-12(14,15)10(21-7(3)18)9(11(13)22-8)20-6(2)17/h2-16,24-27H,17-20H2,1H3;2-16,24-29H,17-20H2,1H3;10-13H,5H2,1-4H3;8-11H,4H2,1-3H3. The fourth-order valence-electron chi connectivity index (χ4n) is 11.9. The van der Waals surface area contributed by atoms with Crippen LogP contribution in [0.25, 0.3) is 0 Å². The lowest BCUT2D eigenvalue weighted by Crippen LogP contribution is -2.65. The smallest absolute Gasteiger partial charge is 0.317 e. The summed E-state index contributed by atoms with van der Waals surface area (Å²) in [5.41, 5.74) is 5.59. The number of aliphatic hydroxyl groups excluding tert-OH is 1. The van der Waals surface area contributed by atoms with Crippen molar-refractivity contribution in [3.05, 3.63) is 215 Å². The predicted molar refractivity (Wildman–Crippen MR) is 398 cm³/mol. The molecule has 1 N–H and O–H groups in total. The first-order chi connectivity index (χ1) is 55.3. The number of alkyl halides is 7. The topological polar surface area (TPSA) is 315 Å². The molecule has 6 aromatic rings. The second-order valence-corrected chi connectivity index (χ2v) is 27.3. The van der Waals surface area contributed by atoms with Gasteiger partial charge in [0.25, 0.3) is 0 Å². The maximum absolute atomic E-state index is 15.8. The Kier molecular flexibility index (Phi) is 38.1. The van der Waals surface area contributed by atoms with Crippen molar-refractivity contribution in [2.45, 2.75) is 209 Å². The maximum atomic E-state index is 15.8. The highest BCUT2D eigenvalue weighted by molar-refractivity contribution is 9.09. The predicted octanol–water partition coefficient (Wildman–Crippen LogP) is 11.0. The van der Waals surface area contributed by atoms with Gasteiger partial charge in [0.1, 0.15) is 43.7 Å². The number of methoxy groups -OCH3 is 2. The molecule has 6 aromatic carbocycles. The lowest BCUT2D eigenvalue weighted by atomic mass is 9.97. The number of esters is 7. The SMILES string of the molecule is CC(=O)OCC1OC(Br)C(OC(C)=O)C(OC(C)=O)C1(F)F.CC(=O)OCC1OC(OC(C)=O)C(OC(C)=O)C(OC(C)=O)C1(F)F.COC1OC(COCc2ccccc2)C(F)(F)C(OCc2ccccc2)C1OCc1ccccc1.COC1OC(COCc2ccccc2)C(O)C(OCc2ccccc2)C1OCc1ccccc1. The zero-order valence-electron chi connectivity index (χ0n) is 64.9. The Bertz CT molecular complexity index is 3950. The molecular weight excluding hydrogens is 1610 g/mol. The Hall–Kier alpha value is -8.85. The maximum Gasteiger partial charge on any atom is 0.317 e. The van der Waals surface area contributed by atoms with Crippen molar-refractivity contribution in [2.75, 3.05) is 40.6 Å². The first kappa shape index (κ1) is 94.3. The molecule has 0 aliphatic carbocycles. The second-order valence-electron chi connectivity index (χ2n) is 26.4. The molecule has 116 heavy (non-hydrogen) atoms. The molecule has 634 valence electrons. The van der Waals surface area contributed by atoms with Gasteiger partial charge in [0.05, 0.1) is 52.9 Å². The van der Waals surface area contributed by atoms with Gasteiger partial charge >= 0.3 is 59.6 Å². The van der Waals surface area contributed by atoms with Crippen LogP contribution in [0.15, 0.2) is 182 Å². The third-order valence-corrected chi connectivity index (χ3v) is 18.1. The average molecular weight is 1710 g/mol. The summed E-state index contributed by atoms with van der Waals surface area (Å²) in [7, 11) is 2.97. The van der Waals surface area contributed by atoms with Crippen molar-refractivity contribution in [3.8, 4) is 0 Å². The number of rotatable bonds is 31. The second kappa shape index (κ2) is 46.9. The van der Waals surface area contributed by atoms with Gasteiger partial charge in [-0.15, -0.1) is 0 Å². The summed E-state index contributed by atoms with van der Waals surface area (Å²) in [4.78, 5) is 77.3. The van der Waals surface area contributed by atoms with Gasteiger partial charge in [0.2, 0.25) is 24.6 Å². The van der Waals surface area contributed by atoms with Crippen molar-refractivity contribution in [1.82, 2.24) is 0 Å². The van der Waals surface area contributed by atoms with Crippen molar-refractivity contribution in [2.24, 2.45) is 0 Å². The Morgan fingerprint density at radius 2 is 0.647 bits per heavy atom. The van der Waals surface area contributed by atoms with E-state index in [2.05, 4.69) is 34.9 Å². The van der Waals surface area contributed by atoms with E-state index in [0.29, 0.717) is 19.8 Å². The molecule has 0 bridgehead atoms. The van der Waals surface area contributed by atoms with Crippen LogP contribution in [0, 0.1) is 0 Å². The summed E-state index contributed by atoms with van der Waals surface area (Å²) in [5.74, 6) is -17.5. The minimum absolute atomic E-state index is 0.000318. The van der Waals surface area contributed by atoms with Crippen LogP contribution in [0.4, 0.5) is 26.3 Å². The number of hydrogen-bond donors (Lipinski definition) is 1. The molecule has 0 aromatic heterocycles. The van der Waals surface area contributed by atoms with Crippen LogP contribution < -0.4 is 0 Å². The molecule has 34 heteroatoms. The van der Waals surface area contributed by atoms with Crippen molar-refractivity contribution < 1.29 is 155 Å². The average Bonchev–Trinajstić information content (AvgIpc) is 0.793. The van der Waals surface area contributed by atoms with Gasteiger partial charge < -0.3 is 95.1 Å². The minimum Gasteiger partial charge on any atom is -0.463 e. The summed E-state index contributed by atoms with van der Waals surface area (Å²) in [5, 5.41) is 10.1. The van der Waals surface area contributed by atoms with E-state index in [1.54, 1.807) is 7.11 Å². The number of ether oxygens (including phenoxy) is 19. The Balaban J connectivity index is 0.000000218. The fourth-order valence-corrected chi connectivity index (χ4v) is 12.6. The van der Waals surface area contributed by atoms with Crippen LogP contribution in [-0.4, -0.2) is 209 Å². The molecule has 0 radical (unpaired) electrons. The van der Waals surface area contributed by atoms with Gasteiger partial charge in [0, 0.05) is 62.7 Å². The van der Waals surface area contributed by atoms with Crippen LogP contribution in [0.2, 0.25) is 0 Å². The van der Waals surface area contributed by atoms with Crippen LogP contribution in [0.1, 0.15) is 81.8 Å². The number of halogens is 7. The van der Waals surface area contributed by atoms with Crippen molar-refractivity contribution in [3.63, 3.8) is 0 Å². The van der Waals surface area contributed by atoms with E-state index in [4.69, 9.17) is 71.1 Å². The molecule has 10 rings (SSSR count). The summed E-state index contributed by atoms with van der Waals surface area (Å²) in [6.45, 7) is 6.45. The number of carbonyl (C=O) groups is 7. The highest BCUT2D eigenvalue weighted by Crippen LogP contribution is 2.43. The third-order valence-electron chi connectivity index (χ3n) is 17.3. The van der Waals surface area contributed by atoms with Gasteiger partial charge in [-0.2, -0.15) is 17.6 Å². The monoisotopic (exact) mass is 1700 g/mol. The molecule has 4 aliphatic heterocycles. The summed E-state index contributed by atoms with van der Waals surface area (Å²) >= 11 is 2.95. The number of hydrogen-bond acceptors (Lipinski definition) is 27. The molecule has 27 nitrogen and oxygen atoms in total. The van der Waals surface area contributed by atoms with Crippen molar-refractivity contribution in [1.29, 1.82) is 0 Å².